The summed E-state index contributed by atoms with van der Waals surface area (Å²) in [7, 11) is 0. The van der Waals surface area contributed by atoms with Crippen LogP contribution in [-0.2, 0) is 5.41 Å². The molecule has 0 bridgehead atoms. The molecule has 1 aliphatic carbocycles. The first-order chi connectivity index (χ1) is 12.4. The van der Waals surface area contributed by atoms with Crippen LogP contribution in [0.3, 0.4) is 0 Å². The summed E-state index contributed by atoms with van der Waals surface area (Å²) in [5.41, 5.74) is 2.06. The molecule has 2 N–H and O–H groups in total. The summed E-state index contributed by atoms with van der Waals surface area (Å²) in [4.78, 5) is 4.50. The second-order valence-electron chi connectivity index (χ2n) is 6.69. The van der Waals surface area contributed by atoms with Gasteiger partial charge in [0, 0.05) is 16.4 Å². The quantitative estimate of drug-likeness (QED) is 0.516. The molecule has 0 atom stereocenters. The number of halogens is 3. The topological polar surface area (TPSA) is 37.0 Å². The van der Waals surface area contributed by atoms with Gasteiger partial charge in [-0.1, -0.05) is 25.0 Å². The van der Waals surface area contributed by atoms with E-state index < -0.39 is 0 Å². The maximum Gasteiger partial charge on any atom is 0.172 e. The zero-order valence-corrected chi connectivity index (χ0v) is 18.4. The van der Waals surface area contributed by atoms with E-state index in [1.165, 1.54) is 30.5 Å². The van der Waals surface area contributed by atoms with Crippen LogP contribution in [0.4, 0.5) is 10.2 Å². The molecule has 2 aromatic rings. The first-order valence-corrected chi connectivity index (χ1v) is 10.5. The highest BCUT2D eigenvalue weighted by Crippen LogP contribution is 2.40. The van der Waals surface area contributed by atoms with Gasteiger partial charge < -0.3 is 10.6 Å². The van der Waals surface area contributed by atoms with E-state index in [1.54, 1.807) is 0 Å². The molecule has 1 aromatic carbocycles. The summed E-state index contributed by atoms with van der Waals surface area (Å²) in [6.07, 6.45) is 4.51. The molecule has 1 heterocycles. The zero-order valence-electron chi connectivity index (χ0n) is 14.4. The van der Waals surface area contributed by atoms with E-state index in [9.17, 15) is 4.39 Å². The van der Waals surface area contributed by atoms with Crippen molar-refractivity contribution in [2.75, 3.05) is 11.9 Å². The van der Waals surface area contributed by atoms with Gasteiger partial charge in [-0.3, -0.25) is 0 Å². The van der Waals surface area contributed by atoms with Crippen LogP contribution < -0.4 is 10.6 Å². The van der Waals surface area contributed by atoms with Crippen molar-refractivity contribution in [2.45, 2.75) is 38.0 Å². The number of benzene rings is 1. The summed E-state index contributed by atoms with van der Waals surface area (Å²) in [6, 6.07) is 8.82. The average Bonchev–Trinajstić information content (AvgIpc) is 3.09. The number of pyridine rings is 1. The number of hydrogen-bond acceptors (Lipinski definition) is 2. The van der Waals surface area contributed by atoms with Gasteiger partial charge >= 0.3 is 0 Å². The van der Waals surface area contributed by atoms with Crippen LogP contribution in [0.15, 0.2) is 39.3 Å². The molecule has 0 unspecified atom stereocenters. The Kier molecular flexibility index (Phi) is 6.30. The Morgan fingerprint density at radius 3 is 2.50 bits per heavy atom. The highest BCUT2D eigenvalue weighted by atomic mass is 79.9. The first-order valence-electron chi connectivity index (χ1n) is 8.53. The molecule has 0 spiro atoms. The third-order valence-electron chi connectivity index (χ3n) is 4.94. The number of aryl methyl sites for hydroxylation is 1. The molecule has 3 rings (SSSR count). The second kappa shape index (κ2) is 8.31. The molecular weight excluding hydrogens is 481 g/mol. The number of anilines is 1. The van der Waals surface area contributed by atoms with Crippen molar-refractivity contribution in [3.05, 3.63) is 56.4 Å². The Morgan fingerprint density at radius 1 is 1.19 bits per heavy atom. The maximum absolute atomic E-state index is 13.3. The van der Waals surface area contributed by atoms with Crippen LogP contribution in [0.5, 0.6) is 0 Å². The van der Waals surface area contributed by atoms with E-state index in [0.717, 1.165) is 34.0 Å². The number of thiocarbonyl (C=S) groups is 1. The van der Waals surface area contributed by atoms with E-state index in [4.69, 9.17) is 12.2 Å². The van der Waals surface area contributed by atoms with Gasteiger partial charge in [0.2, 0.25) is 0 Å². The normalized spacial score (nSPS) is 15.7. The molecule has 1 aromatic heterocycles. The highest BCUT2D eigenvalue weighted by Gasteiger charge is 2.35. The standard InChI is InChI=1S/C19H20Br2FN3S/c1-12-15(20)10-16(21)17(24-12)25-18(26)23-11-19(8-2-3-9-19)13-4-6-14(22)7-5-13/h4-7,10H,2-3,8-9,11H2,1H3,(H2,23,24,25,26). The average molecular weight is 501 g/mol. The van der Waals surface area contributed by atoms with Crippen molar-refractivity contribution in [2.24, 2.45) is 0 Å². The smallest absolute Gasteiger partial charge is 0.172 e. The number of rotatable bonds is 4. The lowest BCUT2D eigenvalue weighted by atomic mass is 9.79. The molecule has 7 heteroatoms. The third kappa shape index (κ3) is 4.43. The molecule has 1 aliphatic rings. The van der Waals surface area contributed by atoms with Crippen molar-refractivity contribution in [3.8, 4) is 0 Å². The van der Waals surface area contributed by atoms with Crippen LogP contribution in [0.1, 0.15) is 36.9 Å². The lowest BCUT2D eigenvalue weighted by Gasteiger charge is -2.30. The van der Waals surface area contributed by atoms with Crippen LogP contribution in [-0.4, -0.2) is 16.6 Å². The molecule has 0 radical (unpaired) electrons. The predicted octanol–water partition coefficient (Wildman–Crippen LogP) is 5.85. The number of nitrogens with one attached hydrogen (secondary N) is 2. The second-order valence-corrected chi connectivity index (χ2v) is 8.80. The molecule has 26 heavy (non-hydrogen) atoms. The van der Waals surface area contributed by atoms with Crippen LogP contribution >= 0.6 is 44.1 Å². The van der Waals surface area contributed by atoms with E-state index in [0.29, 0.717) is 10.9 Å². The fourth-order valence-corrected chi connectivity index (χ4v) is 4.68. The summed E-state index contributed by atoms with van der Waals surface area (Å²) in [6.45, 7) is 2.65. The van der Waals surface area contributed by atoms with Gasteiger partial charge in [-0.05, 0) is 87.6 Å². The van der Waals surface area contributed by atoms with Gasteiger partial charge in [-0.25, -0.2) is 9.37 Å². The molecule has 1 saturated carbocycles. The molecular formula is C19H20Br2FN3S. The van der Waals surface area contributed by atoms with Crippen molar-refractivity contribution in [1.29, 1.82) is 0 Å². The van der Waals surface area contributed by atoms with Gasteiger partial charge in [-0.15, -0.1) is 0 Å². The van der Waals surface area contributed by atoms with E-state index in [2.05, 4.69) is 47.5 Å². The largest absolute Gasteiger partial charge is 0.362 e. The first kappa shape index (κ1) is 19.7. The Hall–Kier alpha value is -1.05. The van der Waals surface area contributed by atoms with Gasteiger partial charge in [0.15, 0.2) is 5.11 Å². The molecule has 138 valence electrons. The van der Waals surface area contributed by atoms with Crippen LogP contribution in [0.2, 0.25) is 0 Å². The van der Waals surface area contributed by atoms with Crippen molar-refractivity contribution >= 4 is 55.0 Å². The molecule has 0 aliphatic heterocycles. The Labute approximate surface area is 175 Å². The van der Waals surface area contributed by atoms with Crippen molar-refractivity contribution in [1.82, 2.24) is 10.3 Å². The number of aromatic nitrogens is 1. The SMILES string of the molecule is Cc1nc(NC(=S)NCC2(c3ccc(F)cc3)CCCC2)c(Br)cc1Br. The monoisotopic (exact) mass is 499 g/mol. The number of hydrogen-bond donors (Lipinski definition) is 2. The Balaban J connectivity index is 1.69. The Bertz CT molecular complexity index is 805. The minimum atomic E-state index is -0.200. The van der Waals surface area contributed by atoms with Crippen LogP contribution in [0.25, 0.3) is 0 Å². The lowest BCUT2D eigenvalue weighted by Crippen LogP contribution is -2.41. The fraction of sp³-hybridized carbons (Fsp3) is 0.368. The number of nitrogens with zero attached hydrogens (tertiary/aromatic N) is 1. The molecule has 3 nitrogen and oxygen atoms in total. The van der Waals surface area contributed by atoms with Gasteiger partial charge in [-0.2, -0.15) is 0 Å². The van der Waals surface area contributed by atoms with Gasteiger partial charge in [0.1, 0.15) is 11.6 Å². The minimum absolute atomic E-state index is 0.000264. The predicted molar refractivity (Wildman–Crippen MR) is 115 cm³/mol. The van der Waals surface area contributed by atoms with Crippen molar-refractivity contribution < 1.29 is 4.39 Å². The third-order valence-corrected chi connectivity index (χ3v) is 6.59. The summed E-state index contributed by atoms with van der Waals surface area (Å²) >= 11 is 12.4. The van der Waals surface area contributed by atoms with E-state index in [-0.39, 0.29) is 11.2 Å². The van der Waals surface area contributed by atoms with E-state index in [1.807, 2.05) is 25.1 Å². The minimum Gasteiger partial charge on any atom is -0.362 e. The van der Waals surface area contributed by atoms with E-state index >= 15 is 0 Å². The maximum atomic E-state index is 13.3. The molecule has 1 fully saturated rings. The lowest BCUT2D eigenvalue weighted by molar-refractivity contribution is 0.434. The molecule has 0 saturated heterocycles. The fourth-order valence-electron chi connectivity index (χ4n) is 3.47. The van der Waals surface area contributed by atoms with Gasteiger partial charge in [0.25, 0.3) is 0 Å². The summed E-state index contributed by atoms with van der Waals surface area (Å²) in [5.74, 6) is 0.485. The van der Waals surface area contributed by atoms with Gasteiger partial charge in [0.05, 0.1) is 10.2 Å². The summed E-state index contributed by atoms with van der Waals surface area (Å²) in [5, 5.41) is 7.04. The zero-order chi connectivity index (χ0) is 18.7. The van der Waals surface area contributed by atoms with Crippen LogP contribution in [0, 0.1) is 12.7 Å². The highest BCUT2D eigenvalue weighted by molar-refractivity contribution is 9.11. The summed E-state index contributed by atoms with van der Waals surface area (Å²) < 4.78 is 15.1. The van der Waals surface area contributed by atoms with Crippen molar-refractivity contribution in [3.63, 3.8) is 0 Å². The molecule has 0 amide bonds. The Morgan fingerprint density at radius 2 is 1.85 bits per heavy atom.